The third-order valence-electron chi connectivity index (χ3n) is 3.47. The van der Waals surface area contributed by atoms with E-state index in [9.17, 15) is 9.59 Å². The molecule has 3 aromatic rings. The van der Waals surface area contributed by atoms with Crippen molar-refractivity contribution in [3.8, 4) is 0 Å². The number of hydrazone groups is 1. The molecule has 2 aromatic heterocycles. The number of H-pyrrole nitrogens is 1. The average molecular weight is 339 g/mol. The molecule has 25 heavy (non-hydrogen) atoms. The zero-order valence-corrected chi connectivity index (χ0v) is 13.9. The summed E-state index contributed by atoms with van der Waals surface area (Å²) in [6, 6.07) is 6.68. The molecule has 3 rings (SSSR count). The standard InChI is InChI=1S/C17H17N5O3/c1-11(10-18-21(2)3)22-7-6-15(23)13(20-22)8-12-4-5-16-14(9-12)19-17(24)25-16/h4-7,9-10H,1,8H2,2-3H3,(H,19,24)/b18-10-. The Morgan fingerprint density at radius 2 is 2.20 bits per heavy atom. The van der Waals surface area contributed by atoms with Crippen molar-refractivity contribution in [1.29, 1.82) is 0 Å². The molecule has 0 fully saturated rings. The number of allylic oxidation sites excluding steroid dienone is 1. The maximum Gasteiger partial charge on any atom is 0.417 e. The first-order valence-corrected chi connectivity index (χ1v) is 7.53. The van der Waals surface area contributed by atoms with E-state index in [1.165, 1.54) is 10.7 Å². The Labute approximate surface area is 142 Å². The molecule has 0 saturated carbocycles. The average Bonchev–Trinajstić information content (AvgIpc) is 2.94. The van der Waals surface area contributed by atoms with Gasteiger partial charge in [0.15, 0.2) is 5.58 Å². The van der Waals surface area contributed by atoms with Gasteiger partial charge in [0.2, 0.25) is 5.43 Å². The molecule has 0 aliphatic rings. The summed E-state index contributed by atoms with van der Waals surface area (Å²) in [4.78, 5) is 25.9. The van der Waals surface area contributed by atoms with Crippen molar-refractivity contribution >= 4 is 23.0 Å². The normalized spacial score (nSPS) is 11.3. The van der Waals surface area contributed by atoms with E-state index in [1.54, 1.807) is 49.7 Å². The monoisotopic (exact) mass is 339 g/mol. The molecule has 0 radical (unpaired) electrons. The molecule has 0 amide bonds. The molecule has 0 aliphatic carbocycles. The Balaban J connectivity index is 1.90. The van der Waals surface area contributed by atoms with E-state index < -0.39 is 5.76 Å². The second-order valence-corrected chi connectivity index (χ2v) is 5.68. The van der Waals surface area contributed by atoms with Crippen LogP contribution in [0.4, 0.5) is 0 Å². The Morgan fingerprint density at radius 3 is 2.96 bits per heavy atom. The van der Waals surface area contributed by atoms with Gasteiger partial charge >= 0.3 is 5.76 Å². The van der Waals surface area contributed by atoms with Gasteiger partial charge in [0.05, 0.1) is 17.4 Å². The third kappa shape index (κ3) is 3.74. The fourth-order valence-corrected chi connectivity index (χ4v) is 2.27. The summed E-state index contributed by atoms with van der Waals surface area (Å²) < 4.78 is 6.47. The summed E-state index contributed by atoms with van der Waals surface area (Å²) in [6.45, 7) is 3.89. The van der Waals surface area contributed by atoms with Crippen molar-refractivity contribution in [2.75, 3.05) is 14.1 Å². The van der Waals surface area contributed by atoms with Crippen LogP contribution in [0.2, 0.25) is 0 Å². The van der Waals surface area contributed by atoms with Crippen LogP contribution in [0.25, 0.3) is 16.8 Å². The topological polar surface area (TPSA) is 96.5 Å². The molecule has 8 nitrogen and oxygen atoms in total. The first-order chi connectivity index (χ1) is 11.9. The molecule has 1 aromatic carbocycles. The lowest BCUT2D eigenvalue weighted by atomic mass is 10.1. The van der Waals surface area contributed by atoms with Crippen LogP contribution in [-0.2, 0) is 6.42 Å². The fraction of sp³-hybridized carbons (Fsp3) is 0.176. The Morgan fingerprint density at radius 1 is 1.40 bits per heavy atom. The van der Waals surface area contributed by atoms with Gasteiger partial charge in [-0.05, 0) is 17.7 Å². The Hall–Kier alpha value is -3.42. The number of fused-ring (bicyclic) bond motifs is 1. The molecule has 8 heteroatoms. The number of rotatable bonds is 5. The predicted molar refractivity (Wildman–Crippen MR) is 95.6 cm³/mol. The smallest absolute Gasteiger partial charge is 0.408 e. The van der Waals surface area contributed by atoms with Crippen LogP contribution in [0.15, 0.2) is 56.1 Å². The van der Waals surface area contributed by atoms with Crippen LogP contribution in [0, 0.1) is 0 Å². The van der Waals surface area contributed by atoms with Crippen molar-refractivity contribution in [3.63, 3.8) is 0 Å². The molecule has 1 N–H and O–H groups in total. The SMILES string of the molecule is C=C(/C=N\N(C)C)n1ccc(=O)c(Cc2ccc3oc(=O)[nH]c3c2)n1. The van der Waals surface area contributed by atoms with Crippen LogP contribution in [0.1, 0.15) is 11.3 Å². The van der Waals surface area contributed by atoms with E-state index in [4.69, 9.17) is 4.42 Å². The lowest BCUT2D eigenvalue weighted by Crippen LogP contribution is -2.17. The zero-order chi connectivity index (χ0) is 18.0. The van der Waals surface area contributed by atoms with Crippen molar-refractivity contribution in [2.24, 2.45) is 5.10 Å². The summed E-state index contributed by atoms with van der Waals surface area (Å²) in [5, 5.41) is 10.1. The number of aromatic nitrogens is 3. The molecule has 0 unspecified atom stereocenters. The summed E-state index contributed by atoms with van der Waals surface area (Å²) in [5.74, 6) is -0.510. The maximum absolute atomic E-state index is 12.1. The van der Waals surface area contributed by atoms with Crippen LogP contribution < -0.4 is 11.2 Å². The highest BCUT2D eigenvalue weighted by atomic mass is 16.4. The minimum atomic E-state index is -0.510. The quantitative estimate of drug-likeness (QED) is 0.558. The van der Waals surface area contributed by atoms with Gasteiger partial charge in [-0.25, -0.2) is 9.48 Å². The summed E-state index contributed by atoms with van der Waals surface area (Å²) >= 11 is 0. The van der Waals surface area contributed by atoms with Gasteiger partial charge in [-0.1, -0.05) is 12.6 Å². The largest absolute Gasteiger partial charge is 0.417 e. The molecule has 128 valence electrons. The van der Waals surface area contributed by atoms with E-state index in [1.807, 2.05) is 0 Å². The van der Waals surface area contributed by atoms with E-state index in [0.29, 0.717) is 28.9 Å². The van der Waals surface area contributed by atoms with Crippen LogP contribution in [0.3, 0.4) is 0 Å². The second-order valence-electron chi connectivity index (χ2n) is 5.68. The third-order valence-corrected chi connectivity index (χ3v) is 3.47. The van der Waals surface area contributed by atoms with Gasteiger partial charge in [0.1, 0.15) is 5.69 Å². The summed E-state index contributed by atoms with van der Waals surface area (Å²) in [7, 11) is 3.59. The van der Waals surface area contributed by atoms with E-state index >= 15 is 0 Å². The molecule has 2 heterocycles. The fourth-order valence-electron chi connectivity index (χ4n) is 2.27. The van der Waals surface area contributed by atoms with Crippen molar-refractivity contribution < 1.29 is 4.42 Å². The van der Waals surface area contributed by atoms with Gasteiger partial charge in [-0.3, -0.25) is 9.78 Å². The van der Waals surface area contributed by atoms with Gasteiger partial charge in [0, 0.05) is 32.8 Å². The molecule has 0 saturated heterocycles. The molecule has 0 aliphatic heterocycles. The highest BCUT2D eigenvalue weighted by Gasteiger charge is 2.08. The molecule has 0 atom stereocenters. The lowest BCUT2D eigenvalue weighted by molar-refractivity contribution is 0.440. The number of hydrogen-bond acceptors (Lipinski definition) is 6. The molecular weight excluding hydrogens is 322 g/mol. The highest BCUT2D eigenvalue weighted by molar-refractivity contribution is 6.00. The molecule has 0 spiro atoms. The number of hydrogen-bond donors (Lipinski definition) is 1. The minimum absolute atomic E-state index is 0.172. The first-order valence-electron chi connectivity index (χ1n) is 7.53. The first kappa shape index (κ1) is 16.4. The summed E-state index contributed by atoms with van der Waals surface area (Å²) in [5.41, 5.74) is 2.62. The number of nitrogens with zero attached hydrogens (tertiary/aromatic N) is 4. The summed E-state index contributed by atoms with van der Waals surface area (Å²) in [6.07, 6.45) is 3.43. The van der Waals surface area contributed by atoms with Gasteiger partial charge in [0.25, 0.3) is 0 Å². The van der Waals surface area contributed by atoms with Crippen LogP contribution >= 0.6 is 0 Å². The van der Waals surface area contributed by atoms with Crippen molar-refractivity contribution in [3.05, 3.63) is 69.1 Å². The number of nitrogens with one attached hydrogen (secondary N) is 1. The predicted octanol–water partition coefficient (Wildman–Crippen LogP) is 1.29. The van der Waals surface area contributed by atoms with Crippen molar-refractivity contribution in [2.45, 2.75) is 6.42 Å². The number of oxazole rings is 1. The van der Waals surface area contributed by atoms with E-state index in [2.05, 4.69) is 21.8 Å². The van der Waals surface area contributed by atoms with Gasteiger partial charge in [-0.15, -0.1) is 0 Å². The Bertz CT molecular complexity index is 1070. The Kier molecular flexibility index (Phi) is 4.34. The van der Waals surface area contributed by atoms with Gasteiger partial charge < -0.3 is 9.43 Å². The zero-order valence-electron chi connectivity index (χ0n) is 13.9. The van der Waals surface area contributed by atoms with Crippen LogP contribution in [0.5, 0.6) is 0 Å². The van der Waals surface area contributed by atoms with E-state index in [-0.39, 0.29) is 5.43 Å². The van der Waals surface area contributed by atoms with Gasteiger partial charge in [-0.2, -0.15) is 10.2 Å². The molecule has 0 bridgehead atoms. The number of benzene rings is 1. The lowest BCUT2D eigenvalue weighted by Gasteiger charge is -2.08. The number of aromatic amines is 1. The highest BCUT2D eigenvalue weighted by Crippen LogP contribution is 2.14. The van der Waals surface area contributed by atoms with E-state index in [0.717, 1.165) is 5.56 Å². The van der Waals surface area contributed by atoms with Crippen molar-refractivity contribution in [1.82, 2.24) is 19.8 Å². The maximum atomic E-state index is 12.1. The second kappa shape index (κ2) is 6.60. The minimum Gasteiger partial charge on any atom is -0.408 e. The van der Waals surface area contributed by atoms with Crippen LogP contribution in [-0.4, -0.2) is 40.1 Å². The molecular formula is C17H17N5O3.